The Hall–Kier alpha value is -2.47. The van der Waals surface area contributed by atoms with E-state index in [1.165, 1.54) is 11.3 Å². The highest BCUT2D eigenvalue weighted by Crippen LogP contribution is 2.48. The number of fused-ring (bicyclic) bond motifs is 4. The summed E-state index contributed by atoms with van der Waals surface area (Å²) in [4.78, 5) is 37.8. The molecule has 0 unspecified atom stereocenters. The van der Waals surface area contributed by atoms with Crippen molar-refractivity contribution in [3.63, 3.8) is 0 Å². The summed E-state index contributed by atoms with van der Waals surface area (Å²) >= 11 is 13.5. The van der Waals surface area contributed by atoms with E-state index < -0.39 is 11.8 Å². The molecule has 0 bridgehead atoms. The quantitative estimate of drug-likeness (QED) is 0.466. The zero-order chi connectivity index (χ0) is 18.2. The van der Waals surface area contributed by atoms with E-state index in [0.29, 0.717) is 42.7 Å². The van der Waals surface area contributed by atoms with Crippen molar-refractivity contribution in [1.29, 1.82) is 0 Å². The summed E-state index contributed by atoms with van der Waals surface area (Å²) in [5.74, 6) is -1.03. The Kier molecular flexibility index (Phi) is 3.19. The number of imide groups is 1. The number of amides is 2. The van der Waals surface area contributed by atoms with Crippen molar-refractivity contribution in [1.82, 2.24) is 5.32 Å². The maximum atomic E-state index is 13.0. The van der Waals surface area contributed by atoms with Crippen LogP contribution in [0.4, 0.5) is 0 Å². The number of carbonyl (C=O) groups excluding carboxylic acids is 3. The van der Waals surface area contributed by atoms with Crippen molar-refractivity contribution in [2.24, 2.45) is 0 Å². The molecule has 2 amide bonds. The molecule has 3 aromatic rings. The molecule has 1 N–H and O–H groups in total. The van der Waals surface area contributed by atoms with Crippen molar-refractivity contribution in [2.45, 2.75) is 0 Å². The van der Waals surface area contributed by atoms with Crippen LogP contribution in [0.2, 0.25) is 10.0 Å². The van der Waals surface area contributed by atoms with E-state index in [1.54, 1.807) is 30.3 Å². The minimum atomic E-state index is -0.447. The Balaban J connectivity index is 1.77. The number of rotatable bonds is 1. The van der Waals surface area contributed by atoms with Gasteiger partial charge in [0.15, 0.2) is 5.78 Å². The van der Waals surface area contributed by atoms with Crippen molar-refractivity contribution in [3.8, 4) is 21.6 Å². The average molecular weight is 400 g/mol. The van der Waals surface area contributed by atoms with Crippen LogP contribution in [0.15, 0.2) is 35.7 Å². The first-order valence-corrected chi connectivity index (χ1v) is 9.25. The van der Waals surface area contributed by atoms with E-state index in [0.717, 1.165) is 11.1 Å². The number of benzene rings is 2. The van der Waals surface area contributed by atoms with Crippen LogP contribution in [0, 0.1) is 0 Å². The van der Waals surface area contributed by atoms with Crippen LogP contribution in [0.5, 0.6) is 0 Å². The van der Waals surface area contributed by atoms with Crippen LogP contribution >= 0.6 is 34.5 Å². The second-order valence-corrected chi connectivity index (χ2v) is 7.70. The van der Waals surface area contributed by atoms with E-state index in [9.17, 15) is 14.4 Å². The van der Waals surface area contributed by atoms with E-state index in [4.69, 9.17) is 23.2 Å². The maximum absolute atomic E-state index is 13.0. The Morgan fingerprint density at radius 3 is 2.23 bits per heavy atom. The topological polar surface area (TPSA) is 63.2 Å². The van der Waals surface area contributed by atoms with Gasteiger partial charge < -0.3 is 0 Å². The summed E-state index contributed by atoms with van der Waals surface area (Å²) < 4.78 is 0. The summed E-state index contributed by atoms with van der Waals surface area (Å²) in [6.07, 6.45) is 0. The third-order valence-electron chi connectivity index (χ3n) is 4.62. The molecular weight excluding hydrogens is 393 g/mol. The van der Waals surface area contributed by atoms with Gasteiger partial charge in [0.1, 0.15) is 0 Å². The molecule has 26 heavy (non-hydrogen) atoms. The third kappa shape index (κ3) is 1.93. The zero-order valence-electron chi connectivity index (χ0n) is 12.9. The first kappa shape index (κ1) is 15.8. The van der Waals surface area contributed by atoms with Gasteiger partial charge in [-0.15, -0.1) is 11.3 Å². The van der Waals surface area contributed by atoms with Gasteiger partial charge in [0.25, 0.3) is 11.8 Å². The molecule has 5 rings (SSSR count). The molecular formula is C19H7Cl2NO3S. The Bertz CT molecular complexity index is 1200. The SMILES string of the molecule is O=C1NC(=O)c2c1cccc2-c1scc2c1C(=O)c1cc(Cl)c(Cl)cc1-2. The van der Waals surface area contributed by atoms with Crippen LogP contribution in [-0.4, -0.2) is 17.6 Å². The van der Waals surface area contributed by atoms with Crippen LogP contribution in [0.1, 0.15) is 36.6 Å². The highest BCUT2D eigenvalue weighted by atomic mass is 35.5. The van der Waals surface area contributed by atoms with Gasteiger partial charge in [-0.25, -0.2) is 0 Å². The molecule has 0 saturated heterocycles. The molecule has 126 valence electrons. The zero-order valence-corrected chi connectivity index (χ0v) is 15.2. The van der Waals surface area contributed by atoms with Crippen LogP contribution in [-0.2, 0) is 0 Å². The van der Waals surface area contributed by atoms with Crippen LogP contribution in [0.25, 0.3) is 21.6 Å². The standard InChI is InChI=1S/C19H7Cl2NO3S/c20-12-4-9-10(5-13(12)21)16(23)15-11(9)6-26-17(15)7-2-1-3-8-14(7)19(25)22-18(8)24/h1-6H,(H,22,24,25). The maximum Gasteiger partial charge on any atom is 0.259 e. The fraction of sp³-hybridized carbons (Fsp3) is 0. The first-order valence-electron chi connectivity index (χ1n) is 7.62. The van der Waals surface area contributed by atoms with E-state index >= 15 is 0 Å². The summed E-state index contributed by atoms with van der Waals surface area (Å²) in [5, 5.41) is 4.87. The molecule has 1 aliphatic heterocycles. The second kappa shape index (κ2) is 5.27. The van der Waals surface area contributed by atoms with Gasteiger partial charge in [-0.2, -0.15) is 0 Å². The second-order valence-electron chi connectivity index (χ2n) is 6.01. The smallest absolute Gasteiger partial charge is 0.259 e. The largest absolute Gasteiger partial charge is 0.289 e. The number of halogens is 2. The number of carbonyl (C=O) groups is 3. The molecule has 1 aromatic heterocycles. The highest BCUT2D eigenvalue weighted by Gasteiger charge is 2.36. The van der Waals surface area contributed by atoms with Gasteiger partial charge in [0.05, 0.1) is 21.2 Å². The van der Waals surface area contributed by atoms with Gasteiger partial charge in [-0.1, -0.05) is 35.3 Å². The lowest BCUT2D eigenvalue weighted by Gasteiger charge is -2.05. The molecule has 2 aromatic carbocycles. The fourth-order valence-corrected chi connectivity index (χ4v) is 4.91. The lowest BCUT2D eigenvalue weighted by molar-refractivity contribution is 0.0879. The highest BCUT2D eigenvalue weighted by molar-refractivity contribution is 7.14. The summed E-state index contributed by atoms with van der Waals surface area (Å²) in [7, 11) is 0. The van der Waals surface area contributed by atoms with Crippen LogP contribution in [0.3, 0.4) is 0 Å². The van der Waals surface area contributed by atoms with Gasteiger partial charge in [-0.3, -0.25) is 19.7 Å². The molecule has 7 heteroatoms. The van der Waals surface area contributed by atoms with Crippen molar-refractivity contribution < 1.29 is 14.4 Å². The Morgan fingerprint density at radius 1 is 0.769 bits per heavy atom. The summed E-state index contributed by atoms with van der Waals surface area (Å²) in [6, 6.07) is 8.31. The molecule has 1 aliphatic carbocycles. The van der Waals surface area contributed by atoms with Crippen molar-refractivity contribution >= 4 is 52.1 Å². The number of hydrogen-bond acceptors (Lipinski definition) is 4. The molecule has 0 spiro atoms. The van der Waals surface area contributed by atoms with Crippen molar-refractivity contribution in [3.05, 3.63) is 68.0 Å². The van der Waals surface area contributed by atoms with Gasteiger partial charge >= 0.3 is 0 Å². The normalized spacial score (nSPS) is 14.3. The predicted octanol–water partition coefficient (Wildman–Crippen LogP) is 4.82. The molecule has 0 saturated carbocycles. The molecule has 2 heterocycles. The average Bonchev–Trinajstić information content (AvgIpc) is 3.25. The number of thiophene rings is 1. The number of nitrogens with one attached hydrogen (secondary N) is 1. The summed E-state index contributed by atoms with van der Waals surface area (Å²) in [5.41, 5.74) is 3.72. The van der Waals surface area contributed by atoms with Crippen molar-refractivity contribution in [2.75, 3.05) is 0 Å². The lowest BCUT2D eigenvalue weighted by Crippen LogP contribution is -2.20. The Labute approximate surface area is 161 Å². The third-order valence-corrected chi connectivity index (χ3v) is 6.36. The van der Waals surface area contributed by atoms with E-state index in [1.807, 2.05) is 5.38 Å². The number of ketones is 1. The summed E-state index contributed by atoms with van der Waals surface area (Å²) in [6.45, 7) is 0. The van der Waals surface area contributed by atoms with E-state index in [-0.39, 0.29) is 5.78 Å². The van der Waals surface area contributed by atoms with E-state index in [2.05, 4.69) is 5.32 Å². The van der Waals surface area contributed by atoms with Gasteiger partial charge in [-0.05, 0) is 29.1 Å². The minimum absolute atomic E-state index is 0.160. The predicted molar refractivity (Wildman–Crippen MR) is 100 cm³/mol. The van der Waals surface area contributed by atoms with Crippen LogP contribution < -0.4 is 5.32 Å². The monoisotopic (exact) mass is 399 g/mol. The molecule has 0 fully saturated rings. The molecule has 4 nitrogen and oxygen atoms in total. The fourth-order valence-electron chi connectivity index (χ4n) is 3.48. The van der Waals surface area contributed by atoms with Gasteiger partial charge in [0, 0.05) is 27.1 Å². The number of hydrogen-bond donors (Lipinski definition) is 1. The minimum Gasteiger partial charge on any atom is -0.289 e. The Morgan fingerprint density at radius 2 is 1.46 bits per heavy atom. The molecule has 0 radical (unpaired) electrons. The molecule has 0 atom stereocenters. The first-order chi connectivity index (χ1) is 12.5. The molecule has 2 aliphatic rings. The lowest BCUT2D eigenvalue weighted by atomic mass is 9.98. The van der Waals surface area contributed by atoms with Gasteiger partial charge in [0.2, 0.25) is 0 Å².